The summed E-state index contributed by atoms with van der Waals surface area (Å²) in [6.07, 6.45) is 2.71. The minimum atomic E-state index is -0.0864. The standard InChI is InChI=1S/C14H15NO2/c1-2-9-17-13-6-3-11(4-7-13)12-5-8-14(16)15-10-12/h3-8,10H,2,9H2,1H3,(H,15,16). The average molecular weight is 229 g/mol. The zero-order chi connectivity index (χ0) is 12.1. The van der Waals surface area contributed by atoms with Crippen molar-refractivity contribution >= 4 is 0 Å². The summed E-state index contributed by atoms with van der Waals surface area (Å²) >= 11 is 0. The molecule has 1 aromatic carbocycles. The number of nitrogens with one attached hydrogen (secondary N) is 1. The van der Waals surface area contributed by atoms with Crippen LogP contribution in [0.4, 0.5) is 0 Å². The van der Waals surface area contributed by atoms with E-state index in [-0.39, 0.29) is 5.56 Å². The Labute approximate surface area is 100 Å². The van der Waals surface area contributed by atoms with Crippen molar-refractivity contribution in [2.45, 2.75) is 13.3 Å². The first kappa shape index (κ1) is 11.5. The Morgan fingerprint density at radius 2 is 1.76 bits per heavy atom. The fourth-order valence-corrected chi connectivity index (χ4v) is 1.55. The Morgan fingerprint density at radius 3 is 2.35 bits per heavy atom. The molecule has 0 spiro atoms. The molecule has 0 atom stereocenters. The van der Waals surface area contributed by atoms with Crippen molar-refractivity contribution in [3.8, 4) is 16.9 Å². The van der Waals surface area contributed by atoms with Crippen LogP contribution in [0.2, 0.25) is 0 Å². The van der Waals surface area contributed by atoms with Crippen LogP contribution in [0.1, 0.15) is 13.3 Å². The lowest BCUT2D eigenvalue weighted by Crippen LogP contribution is -2.01. The van der Waals surface area contributed by atoms with Crippen molar-refractivity contribution in [1.29, 1.82) is 0 Å². The molecule has 0 saturated carbocycles. The molecule has 2 aromatic rings. The molecule has 2 rings (SSSR count). The van der Waals surface area contributed by atoms with Crippen LogP contribution < -0.4 is 10.3 Å². The van der Waals surface area contributed by atoms with Crippen molar-refractivity contribution in [3.63, 3.8) is 0 Å². The number of aromatic amines is 1. The molecule has 0 amide bonds. The maximum atomic E-state index is 10.9. The maximum absolute atomic E-state index is 10.9. The van der Waals surface area contributed by atoms with Gasteiger partial charge in [-0.3, -0.25) is 4.79 Å². The third-order valence-electron chi connectivity index (χ3n) is 2.44. The molecule has 0 unspecified atom stereocenters. The smallest absolute Gasteiger partial charge is 0.247 e. The first-order chi connectivity index (χ1) is 8.29. The van der Waals surface area contributed by atoms with Crippen LogP contribution in [-0.2, 0) is 0 Å². The third-order valence-corrected chi connectivity index (χ3v) is 2.44. The van der Waals surface area contributed by atoms with Gasteiger partial charge in [-0.15, -0.1) is 0 Å². The van der Waals surface area contributed by atoms with E-state index >= 15 is 0 Å². The lowest BCUT2D eigenvalue weighted by atomic mass is 10.1. The van der Waals surface area contributed by atoms with Crippen LogP contribution in [0, 0.1) is 0 Å². The predicted octanol–water partition coefficient (Wildman–Crippen LogP) is 2.83. The van der Waals surface area contributed by atoms with Crippen molar-refractivity contribution in [1.82, 2.24) is 4.98 Å². The van der Waals surface area contributed by atoms with Gasteiger partial charge in [0.05, 0.1) is 6.61 Å². The van der Waals surface area contributed by atoms with Gasteiger partial charge >= 0.3 is 0 Å². The lowest BCUT2D eigenvalue weighted by Gasteiger charge is -2.05. The molecule has 17 heavy (non-hydrogen) atoms. The van der Waals surface area contributed by atoms with Gasteiger partial charge in [0.2, 0.25) is 5.56 Å². The van der Waals surface area contributed by atoms with Crippen LogP contribution in [0.3, 0.4) is 0 Å². The van der Waals surface area contributed by atoms with Gasteiger partial charge in [-0.25, -0.2) is 0 Å². The second-order valence-electron chi connectivity index (χ2n) is 3.81. The summed E-state index contributed by atoms with van der Waals surface area (Å²) in [6.45, 7) is 2.81. The van der Waals surface area contributed by atoms with E-state index in [0.717, 1.165) is 29.9 Å². The molecule has 3 nitrogen and oxygen atoms in total. The van der Waals surface area contributed by atoms with Crippen LogP contribution in [0.25, 0.3) is 11.1 Å². The summed E-state index contributed by atoms with van der Waals surface area (Å²) in [5.74, 6) is 0.875. The molecular weight excluding hydrogens is 214 g/mol. The Kier molecular flexibility index (Phi) is 3.60. The minimum absolute atomic E-state index is 0.0864. The Hall–Kier alpha value is -2.03. The molecule has 0 saturated heterocycles. The van der Waals surface area contributed by atoms with Crippen molar-refractivity contribution < 1.29 is 4.74 Å². The van der Waals surface area contributed by atoms with Gasteiger partial charge < -0.3 is 9.72 Å². The van der Waals surface area contributed by atoms with E-state index in [4.69, 9.17) is 4.74 Å². The Balaban J connectivity index is 2.17. The van der Waals surface area contributed by atoms with Crippen LogP contribution in [-0.4, -0.2) is 11.6 Å². The molecule has 0 fully saturated rings. The molecule has 0 bridgehead atoms. The zero-order valence-corrected chi connectivity index (χ0v) is 9.77. The number of H-pyrrole nitrogens is 1. The van der Waals surface area contributed by atoms with Crippen LogP contribution >= 0.6 is 0 Å². The summed E-state index contributed by atoms with van der Waals surface area (Å²) < 4.78 is 5.51. The lowest BCUT2D eigenvalue weighted by molar-refractivity contribution is 0.317. The highest BCUT2D eigenvalue weighted by Crippen LogP contribution is 2.20. The maximum Gasteiger partial charge on any atom is 0.247 e. The number of rotatable bonds is 4. The highest BCUT2D eigenvalue weighted by Gasteiger charge is 1.98. The molecule has 0 aliphatic heterocycles. The van der Waals surface area contributed by atoms with Crippen molar-refractivity contribution in [3.05, 3.63) is 52.9 Å². The second-order valence-corrected chi connectivity index (χ2v) is 3.81. The molecular formula is C14H15NO2. The quantitative estimate of drug-likeness (QED) is 0.875. The Morgan fingerprint density at radius 1 is 1.06 bits per heavy atom. The zero-order valence-electron chi connectivity index (χ0n) is 9.77. The van der Waals surface area contributed by atoms with E-state index in [9.17, 15) is 4.79 Å². The summed E-state index contributed by atoms with van der Waals surface area (Å²) in [6, 6.07) is 11.2. The topological polar surface area (TPSA) is 42.1 Å². The van der Waals surface area contributed by atoms with Crippen molar-refractivity contribution in [2.75, 3.05) is 6.61 Å². The average Bonchev–Trinajstić information content (AvgIpc) is 2.38. The first-order valence-electron chi connectivity index (χ1n) is 5.71. The van der Waals surface area contributed by atoms with Crippen LogP contribution in [0.15, 0.2) is 47.4 Å². The number of aromatic nitrogens is 1. The highest BCUT2D eigenvalue weighted by molar-refractivity contribution is 5.62. The van der Waals surface area contributed by atoms with Gasteiger partial charge in [0.1, 0.15) is 5.75 Å². The number of hydrogen-bond acceptors (Lipinski definition) is 2. The molecule has 0 aliphatic rings. The summed E-state index contributed by atoms with van der Waals surface area (Å²) in [4.78, 5) is 13.6. The highest BCUT2D eigenvalue weighted by atomic mass is 16.5. The number of pyridine rings is 1. The fourth-order valence-electron chi connectivity index (χ4n) is 1.55. The minimum Gasteiger partial charge on any atom is -0.494 e. The van der Waals surface area contributed by atoms with Gasteiger partial charge in [-0.05, 0) is 35.7 Å². The van der Waals surface area contributed by atoms with Gasteiger partial charge in [0.25, 0.3) is 0 Å². The normalized spacial score (nSPS) is 10.2. The van der Waals surface area contributed by atoms with E-state index in [1.165, 1.54) is 6.07 Å². The fraction of sp³-hybridized carbons (Fsp3) is 0.214. The monoisotopic (exact) mass is 229 g/mol. The number of hydrogen-bond donors (Lipinski definition) is 1. The Bertz CT molecular complexity index is 508. The van der Waals surface area contributed by atoms with E-state index < -0.39 is 0 Å². The molecule has 1 heterocycles. The van der Waals surface area contributed by atoms with Gasteiger partial charge in [0.15, 0.2) is 0 Å². The van der Waals surface area contributed by atoms with Crippen molar-refractivity contribution in [2.24, 2.45) is 0 Å². The molecule has 0 aliphatic carbocycles. The summed E-state index contributed by atoms with van der Waals surface area (Å²) in [7, 11) is 0. The largest absolute Gasteiger partial charge is 0.494 e. The van der Waals surface area contributed by atoms with Gasteiger partial charge in [0, 0.05) is 12.3 Å². The van der Waals surface area contributed by atoms with E-state index in [2.05, 4.69) is 11.9 Å². The molecule has 1 aromatic heterocycles. The molecule has 3 heteroatoms. The third kappa shape index (κ3) is 2.97. The first-order valence-corrected chi connectivity index (χ1v) is 5.71. The molecule has 88 valence electrons. The van der Waals surface area contributed by atoms with Gasteiger partial charge in [-0.1, -0.05) is 19.1 Å². The van der Waals surface area contributed by atoms with Gasteiger partial charge in [-0.2, -0.15) is 0 Å². The summed E-state index contributed by atoms with van der Waals surface area (Å²) in [5, 5.41) is 0. The van der Waals surface area contributed by atoms with E-state index in [1.54, 1.807) is 12.3 Å². The summed E-state index contributed by atoms with van der Waals surface area (Å²) in [5.41, 5.74) is 1.97. The second kappa shape index (κ2) is 5.34. The van der Waals surface area contributed by atoms with E-state index in [1.807, 2.05) is 24.3 Å². The van der Waals surface area contributed by atoms with E-state index in [0.29, 0.717) is 0 Å². The number of benzene rings is 1. The van der Waals surface area contributed by atoms with Crippen LogP contribution in [0.5, 0.6) is 5.75 Å². The SMILES string of the molecule is CCCOc1ccc(-c2ccc(=O)[nH]c2)cc1. The molecule has 0 radical (unpaired) electrons. The predicted molar refractivity (Wildman–Crippen MR) is 68.3 cm³/mol. The number of ether oxygens (including phenoxy) is 1. The molecule has 1 N–H and O–H groups in total.